The molecule has 0 aromatic carbocycles. The van der Waals surface area contributed by atoms with E-state index >= 15 is 0 Å². The Hall–Kier alpha value is 0.400. The van der Waals surface area contributed by atoms with Crippen molar-refractivity contribution >= 4 is 15.9 Å². The molecule has 68 valence electrons. The maximum Gasteiger partial charge on any atom is 0.0718 e. The summed E-state index contributed by atoms with van der Waals surface area (Å²) < 4.78 is 0. The van der Waals surface area contributed by atoms with Crippen molar-refractivity contribution in [2.45, 2.75) is 26.4 Å². The summed E-state index contributed by atoms with van der Waals surface area (Å²) in [5, 5.41) is 10.5. The van der Waals surface area contributed by atoms with E-state index < -0.39 is 5.60 Å². The third-order valence-corrected chi connectivity index (χ3v) is 1.81. The van der Waals surface area contributed by atoms with Gasteiger partial charge in [0.2, 0.25) is 0 Å². The third kappa shape index (κ3) is 6.78. The molecule has 11 heavy (non-hydrogen) atoms. The fourth-order valence-electron chi connectivity index (χ4n) is 1.02. The van der Waals surface area contributed by atoms with Gasteiger partial charge in [0, 0.05) is 18.4 Å². The molecule has 0 fully saturated rings. The van der Waals surface area contributed by atoms with E-state index in [2.05, 4.69) is 27.8 Å². The van der Waals surface area contributed by atoms with Crippen LogP contribution in [0.1, 0.15) is 20.8 Å². The number of hydrogen-bond acceptors (Lipinski definition) is 2. The van der Waals surface area contributed by atoms with Crippen molar-refractivity contribution < 1.29 is 5.11 Å². The van der Waals surface area contributed by atoms with Gasteiger partial charge in [-0.3, -0.25) is 4.90 Å². The average molecular weight is 224 g/mol. The molecule has 0 rings (SSSR count). The molecule has 0 spiro atoms. The molecule has 0 radical (unpaired) electrons. The molecule has 3 heteroatoms. The van der Waals surface area contributed by atoms with E-state index in [0.29, 0.717) is 0 Å². The average Bonchev–Trinajstić information content (AvgIpc) is 1.84. The van der Waals surface area contributed by atoms with Crippen LogP contribution in [0, 0.1) is 0 Å². The maximum absolute atomic E-state index is 9.49. The highest BCUT2D eigenvalue weighted by Gasteiger charge is 2.16. The summed E-state index contributed by atoms with van der Waals surface area (Å²) in [4.78, 5) is 2.22. The molecule has 0 saturated heterocycles. The van der Waals surface area contributed by atoms with Crippen molar-refractivity contribution in [3.63, 3.8) is 0 Å². The third-order valence-electron chi connectivity index (χ3n) is 1.46. The largest absolute Gasteiger partial charge is 0.389 e. The fraction of sp³-hybridized carbons (Fsp3) is 1.00. The van der Waals surface area contributed by atoms with Gasteiger partial charge in [-0.2, -0.15) is 0 Å². The predicted molar refractivity (Wildman–Crippen MR) is 52.2 cm³/mol. The van der Waals surface area contributed by atoms with Gasteiger partial charge in [0.25, 0.3) is 0 Å². The zero-order valence-electron chi connectivity index (χ0n) is 7.60. The lowest BCUT2D eigenvalue weighted by Crippen LogP contribution is -2.39. The lowest BCUT2D eigenvalue weighted by Gasteiger charge is -2.27. The fourth-order valence-corrected chi connectivity index (χ4v) is 1.52. The second-order valence-corrected chi connectivity index (χ2v) is 4.16. The van der Waals surface area contributed by atoms with Crippen LogP contribution in [0.2, 0.25) is 0 Å². The minimum absolute atomic E-state index is 0.571. The summed E-state index contributed by atoms with van der Waals surface area (Å²) in [6, 6.07) is 0. The number of aliphatic hydroxyl groups is 1. The molecule has 0 unspecified atom stereocenters. The van der Waals surface area contributed by atoms with Crippen LogP contribution in [-0.2, 0) is 0 Å². The Morgan fingerprint density at radius 3 is 2.27 bits per heavy atom. The topological polar surface area (TPSA) is 23.5 Å². The van der Waals surface area contributed by atoms with Crippen LogP contribution in [0.25, 0.3) is 0 Å². The second kappa shape index (κ2) is 5.12. The lowest BCUT2D eigenvalue weighted by atomic mass is 10.1. The Balaban J connectivity index is 3.68. The van der Waals surface area contributed by atoms with Crippen molar-refractivity contribution in [3.05, 3.63) is 0 Å². The summed E-state index contributed by atoms with van der Waals surface area (Å²) in [6.07, 6.45) is 0. The first-order valence-corrected chi connectivity index (χ1v) is 5.12. The molecule has 2 nitrogen and oxygen atoms in total. The Bertz CT molecular complexity index is 101. The quantitative estimate of drug-likeness (QED) is 0.715. The normalized spacial score (nSPS) is 12.5. The Labute approximate surface area is 77.7 Å². The molecule has 0 aromatic heterocycles. The molecule has 0 saturated carbocycles. The lowest BCUT2D eigenvalue weighted by molar-refractivity contribution is 0.0400. The summed E-state index contributed by atoms with van der Waals surface area (Å²) >= 11 is 3.38. The first kappa shape index (κ1) is 11.4. The van der Waals surface area contributed by atoms with Gasteiger partial charge in [-0.15, -0.1) is 0 Å². The predicted octanol–water partition coefficient (Wildman–Crippen LogP) is 1.47. The van der Waals surface area contributed by atoms with Gasteiger partial charge in [0.05, 0.1) is 5.60 Å². The van der Waals surface area contributed by atoms with Gasteiger partial charge in [-0.1, -0.05) is 22.9 Å². The SMILES string of the molecule is CCN(CCBr)CC(C)(C)O. The molecule has 0 bridgehead atoms. The maximum atomic E-state index is 9.49. The minimum atomic E-state index is -0.571. The van der Waals surface area contributed by atoms with E-state index in [0.717, 1.165) is 25.0 Å². The Morgan fingerprint density at radius 2 is 2.00 bits per heavy atom. The number of halogens is 1. The van der Waals surface area contributed by atoms with Crippen LogP contribution in [0.3, 0.4) is 0 Å². The molecule has 0 amide bonds. The van der Waals surface area contributed by atoms with Crippen molar-refractivity contribution in [1.29, 1.82) is 0 Å². The monoisotopic (exact) mass is 223 g/mol. The van der Waals surface area contributed by atoms with Crippen LogP contribution in [0.15, 0.2) is 0 Å². The molecule has 0 aliphatic carbocycles. The van der Waals surface area contributed by atoms with E-state index in [-0.39, 0.29) is 0 Å². The number of likely N-dealkylation sites (N-methyl/N-ethyl adjacent to an activating group) is 1. The number of hydrogen-bond donors (Lipinski definition) is 1. The molecule has 0 heterocycles. The molecule has 0 aliphatic rings. The van der Waals surface area contributed by atoms with E-state index in [1.54, 1.807) is 0 Å². The van der Waals surface area contributed by atoms with E-state index in [1.165, 1.54) is 0 Å². The summed E-state index contributed by atoms with van der Waals surface area (Å²) in [6.45, 7) is 8.52. The van der Waals surface area contributed by atoms with E-state index in [1.807, 2.05) is 13.8 Å². The minimum Gasteiger partial charge on any atom is -0.389 e. The van der Waals surface area contributed by atoms with Crippen molar-refractivity contribution in [1.82, 2.24) is 4.90 Å². The van der Waals surface area contributed by atoms with Crippen LogP contribution in [0.4, 0.5) is 0 Å². The van der Waals surface area contributed by atoms with E-state index in [9.17, 15) is 5.11 Å². The van der Waals surface area contributed by atoms with Crippen molar-refractivity contribution in [2.75, 3.05) is 25.0 Å². The van der Waals surface area contributed by atoms with Crippen molar-refractivity contribution in [3.8, 4) is 0 Å². The summed E-state index contributed by atoms with van der Waals surface area (Å²) in [7, 11) is 0. The highest BCUT2D eigenvalue weighted by atomic mass is 79.9. The number of rotatable bonds is 5. The molecular weight excluding hydrogens is 206 g/mol. The van der Waals surface area contributed by atoms with Crippen LogP contribution < -0.4 is 0 Å². The van der Waals surface area contributed by atoms with Gasteiger partial charge in [-0.25, -0.2) is 0 Å². The highest BCUT2D eigenvalue weighted by Crippen LogP contribution is 2.04. The number of nitrogens with zero attached hydrogens (tertiary/aromatic N) is 1. The first-order valence-electron chi connectivity index (χ1n) is 4.00. The molecule has 1 N–H and O–H groups in total. The first-order chi connectivity index (χ1) is 4.99. The van der Waals surface area contributed by atoms with Gasteiger partial charge in [0.1, 0.15) is 0 Å². The molecule has 0 aromatic rings. The van der Waals surface area contributed by atoms with Crippen LogP contribution >= 0.6 is 15.9 Å². The second-order valence-electron chi connectivity index (χ2n) is 3.37. The molecule has 0 aliphatic heterocycles. The summed E-state index contributed by atoms with van der Waals surface area (Å²) in [5.74, 6) is 0. The smallest absolute Gasteiger partial charge is 0.0718 e. The zero-order valence-corrected chi connectivity index (χ0v) is 9.19. The van der Waals surface area contributed by atoms with Crippen molar-refractivity contribution in [2.24, 2.45) is 0 Å². The Kier molecular flexibility index (Phi) is 5.30. The standard InChI is InChI=1S/C8H18BrNO/c1-4-10(6-5-9)7-8(2,3)11/h11H,4-7H2,1-3H3. The number of alkyl halides is 1. The Morgan fingerprint density at radius 1 is 1.45 bits per heavy atom. The zero-order chi connectivity index (χ0) is 8.91. The summed E-state index contributed by atoms with van der Waals surface area (Å²) in [5.41, 5.74) is -0.571. The van der Waals surface area contributed by atoms with Gasteiger partial charge in [-0.05, 0) is 20.4 Å². The van der Waals surface area contributed by atoms with Crippen LogP contribution in [0.5, 0.6) is 0 Å². The molecular formula is C8H18BrNO. The molecule has 0 atom stereocenters. The van der Waals surface area contributed by atoms with Gasteiger partial charge >= 0.3 is 0 Å². The van der Waals surface area contributed by atoms with Crippen LogP contribution in [-0.4, -0.2) is 40.6 Å². The van der Waals surface area contributed by atoms with Gasteiger partial charge < -0.3 is 5.11 Å². The van der Waals surface area contributed by atoms with E-state index in [4.69, 9.17) is 0 Å². The highest BCUT2D eigenvalue weighted by molar-refractivity contribution is 9.09. The van der Waals surface area contributed by atoms with Gasteiger partial charge in [0.15, 0.2) is 0 Å².